The lowest BCUT2D eigenvalue weighted by Gasteiger charge is -2.08. The second-order valence-corrected chi connectivity index (χ2v) is 5.99. The lowest BCUT2D eigenvalue weighted by molar-refractivity contribution is 0.428. The number of nitrogens with zero attached hydrogens (tertiary/aromatic N) is 3. The average molecular weight is 353 g/mol. The van der Waals surface area contributed by atoms with Gasteiger partial charge in [0, 0.05) is 35.0 Å². The van der Waals surface area contributed by atoms with E-state index in [1.54, 1.807) is 30.7 Å². The highest BCUT2D eigenvalue weighted by Gasteiger charge is 2.17. The molecule has 4 aromatic rings. The summed E-state index contributed by atoms with van der Waals surface area (Å²) in [5.74, 6) is -0.200. The summed E-state index contributed by atoms with van der Waals surface area (Å²) in [6.45, 7) is 0. The largest absolute Gasteiger partial charge is 0.493 e. The second kappa shape index (κ2) is 6.07. The quantitative estimate of drug-likeness (QED) is 0.593. The first-order valence-electron chi connectivity index (χ1n) is 7.61. The van der Waals surface area contributed by atoms with Gasteiger partial charge in [0.05, 0.1) is 11.8 Å². The first-order chi connectivity index (χ1) is 12.1. The maximum atomic E-state index is 12.5. The Bertz CT molecular complexity index is 1120. The van der Waals surface area contributed by atoms with E-state index in [0.717, 1.165) is 11.1 Å². The number of halogens is 1. The fraction of sp³-hybridized carbons (Fsp3) is 0.0556. The molecule has 0 radical (unpaired) electrons. The molecule has 0 bridgehead atoms. The summed E-state index contributed by atoms with van der Waals surface area (Å²) in [6.07, 6.45) is 5.13. The Morgan fingerprint density at radius 3 is 2.76 bits per heavy atom. The molecule has 0 saturated heterocycles. The zero-order chi connectivity index (χ0) is 17.4. The molecule has 124 valence electrons. The van der Waals surface area contributed by atoms with Crippen molar-refractivity contribution in [3.05, 3.63) is 81.5 Å². The van der Waals surface area contributed by atoms with Crippen LogP contribution in [0.25, 0.3) is 16.8 Å². The lowest BCUT2D eigenvalue weighted by atomic mass is 10.1. The van der Waals surface area contributed by atoms with Crippen molar-refractivity contribution in [3.63, 3.8) is 0 Å². The number of hydrogen-bond acceptors (Lipinski definition) is 4. The van der Waals surface area contributed by atoms with Crippen molar-refractivity contribution in [2.24, 2.45) is 0 Å². The van der Waals surface area contributed by atoms with Gasteiger partial charge in [-0.05, 0) is 17.7 Å². The Labute approximate surface area is 147 Å². The van der Waals surface area contributed by atoms with Gasteiger partial charge in [0.25, 0.3) is 5.56 Å². The number of hydrogen-bond donors (Lipinski definition) is 2. The Hall–Kier alpha value is -3.12. The van der Waals surface area contributed by atoms with E-state index >= 15 is 0 Å². The average Bonchev–Trinajstić information content (AvgIpc) is 3.04. The standard InChI is InChI=1S/C18H13ClN4O2/c19-15-6-2-1-4-11(15)8-13-17(24)22-16-14(10-21-23(16)18(13)25)12-5-3-7-20-9-12/h1-7,9-10,25H,8H2,(H,22,24). The summed E-state index contributed by atoms with van der Waals surface area (Å²) in [6, 6.07) is 10.9. The van der Waals surface area contributed by atoms with Gasteiger partial charge in [0.15, 0.2) is 0 Å². The normalized spacial score (nSPS) is 11.1. The van der Waals surface area contributed by atoms with E-state index in [0.29, 0.717) is 16.2 Å². The first kappa shape index (κ1) is 15.4. The molecule has 0 fully saturated rings. The number of rotatable bonds is 3. The van der Waals surface area contributed by atoms with E-state index < -0.39 is 0 Å². The molecule has 0 unspecified atom stereocenters. The summed E-state index contributed by atoms with van der Waals surface area (Å²) in [5.41, 5.74) is 2.48. The van der Waals surface area contributed by atoms with Gasteiger partial charge in [-0.25, -0.2) is 0 Å². The minimum absolute atomic E-state index is 0.200. The van der Waals surface area contributed by atoms with Crippen molar-refractivity contribution in [3.8, 4) is 17.0 Å². The third-order valence-corrected chi connectivity index (χ3v) is 4.41. The highest BCUT2D eigenvalue weighted by molar-refractivity contribution is 6.31. The fourth-order valence-corrected chi connectivity index (χ4v) is 2.97. The molecule has 1 aromatic carbocycles. The van der Waals surface area contributed by atoms with Crippen LogP contribution in [-0.4, -0.2) is 24.7 Å². The van der Waals surface area contributed by atoms with Crippen LogP contribution in [0.5, 0.6) is 5.88 Å². The van der Waals surface area contributed by atoms with Gasteiger partial charge >= 0.3 is 0 Å². The van der Waals surface area contributed by atoms with E-state index in [9.17, 15) is 9.90 Å². The molecule has 0 aliphatic carbocycles. The minimum Gasteiger partial charge on any atom is -0.493 e. The Morgan fingerprint density at radius 1 is 1.16 bits per heavy atom. The molecule has 3 aromatic heterocycles. The Balaban J connectivity index is 1.86. The zero-order valence-corrected chi connectivity index (χ0v) is 13.7. The summed E-state index contributed by atoms with van der Waals surface area (Å²) < 4.78 is 1.32. The highest BCUT2D eigenvalue weighted by atomic mass is 35.5. The van der Waals surface area contributed by atoms with Gasteiger partial charge in [0.1, 0.15) is 5.65 Å². The minimum atomic E-state index is -0.379. The number of aromatic amines is 1. The summed E-state index contributed by atoms with van der Waals surface area (Å²) in [5, 5.41) is 15.3. The number of benzene rings is 1. The van der Waals surface area contributed by atoms with Crippen LogP contribution in [0, 0.1) is 0 Å². The number of pyridine rings is 1. The van der Waals surface area contributed by atoms with Crippen LogP contribution < -0.4 is 5.56 Å². The molecule has 0 amide bonds. The second-order valence-electron chi connectivity index (χ2n) is 5.58. The molecule has 0 spiro atoms. The summed E-state index contributed by atoms with van der Waals surface area (Å²) in [4.78, 5) is 19.4. The molecule has 0 aliphatic heterocycles. The topological polar surface area (TPSA) is 83.3 Å². The zero-order valence-electron chi connectivity index (χ0n) is 13.0. The van der Waals surface area contributed by atoms with Gasteiger partial charge in [0.2, 0.25) is 5.88 Å². The number of fused-ring (bicyclic) bond motifs is 1. The maximum Gasteiger partial charge on any atom is 0.258 e. The summed E-state index contributed by atoms with van der Waals surface area (Å²) >= 11 is 6.16. The van der Waals surface area contributed by atoms with Crippen molar-refractivity contribution >= 4 is 17.2 Å². The van der Waals surface area contributed by atoms with Gasteiger partial charge in [-0.2, -0.15) is 9.61 Å². The predicted molar refractivity (Wildman–Crippen MR) is 95.0 cm³/mol. The molecule has 6 nitrogen and oxygen atoms in total. The van der Waals surface area contributed by atoms with Crippen molar-refractivity contribution in [2.45, 2.75) is 6.42 Å². The molecule has 2 N–H and O–H groups in total. The van der Waals surface area contributed by atoms with Crippen molar-refractivity contribution in [1.82, 2.24) is 19.6 Å². The number of H-pyrrole nitrogens is 1. The third kappa shape index (κ3) is 2.66. The smallest absolute Gasteiger partial charge is 0.258 e. The monoisotopic (exact) mass is 352 g/mol. The van der Waals surface area contributed by atoms with E-state index in [-0.39, 0.29) is 23.4 Å². The molecule has 0 saturated carbocycles. The fourth-order valence-electron chi connectivity index (χ4n) is 2.77. The Kier molecular flexibility index (Phi) is 3.74. The van der Waals surface area contributed by atoms with Crippen molar-refractivity contribution < 1.29 is 5.11 Å². The molecule has 4 rings (SSSR count). The van der Waals surface area contributed by atoms with Gasteiger partial charge in [-0.3, -0.25) is 9.78 Å². The molecule has 0 aliphatic rings. The van der Waals surface area contributed by atoms with Crippen LogP contribution in [0.1, 0.15) is 11.1 Å². The van der Waals surface area contributed by atoms with E-state index in [4.69, 9.17) is 11.6 Å². The number of nitrogens with one attached hydrogen (secondary N) is 1. The molecule has 7 heteroatoms. The molecular weight excluding hydrogens is 340 g/mol. The maximum absolute atomic E-state index is 12.5. The van der Waals surface area contributed by atoms with Gasteiger partial charge in [-0.1, -0.05) is 35.9 Å². The van der Waals surface area contributed by atoms with Crippen LogP contribution in [0.3, 0.4) is 0 Å². The molecular formula is C18H13ClN4O2. The summed E-state index contributed by atoms with van der Waals surface area (Å²) in [7, 11) is 0. The lowest BCUT2D eigenvalue weighted by Crippen LogP contribution is -2.16. The Morgan fingerprint density at radius 2 is 2.00 bits per heavy atom. The van der Waals surface area contributed by atoms with Crippen LogP contribution in [0.2, 0.25) is 5.02 Å². The number of aromatic nitrogens is 4. The van der Waals surface area contributed by atoms with Crippen LogP contribution in [-0.2, 0) is 6.42 Å². The van der Waals surface area contributed by atoms with E-state index in [1.165, 1.54) is 4.52 Å². The third-order valence-electron chi connectivity index (χ3n) is 4.04. The van der Waals surface area contributed by atoms with Gasteiger partial charge < -0.3 is 10.1 Å². The van der Waals surface area contributed by atoms with E-state index in [1.807, 2.05) is 24.3 Å². The first-order valence-corrected chi connectivity index (χ1v) is 7.98. The molecule has 0 atom stereocenters. The van der Waals surface area contributed by atoms with Crippen molar-refractivity contribution in [2.75, 3.05) is 0 Å². The van der Waals surface area contributed by atoms with E-state index in [2.05, 4.69) is 15.1 Å². The molecule has 3 heterocycles. The van der Waals surface area contributed by atoms with Crippen LogP contribution >= 0.6 is 11.6 Å². The van der Waals surface area contributed by atoms with Crippen LogP contribution in [0.4, 0.5) is 0 Å². The number of aromatic hydroxyl groups is 1. The predicted octanol–water partition coefficient (Wildman–Crippen LogP) is 3.03. The highest BCUT2D eigenvalue weighted by Crippen LogP contribution is 2.27. The van der Waals surface area contributed by atoms with Crippen LogP contribution in [0.15, 0.2) is 59.8 Å². The molecule has 25 heavy (non-hydrogen) atoms. The SMILES string of the molecule is O=c1[nH]c2c(-c3cccnc3)cnn2c(O)c1Cc1ccccc1Cl. The van der Waals surface area contributed by atoms with Gasteiger partial charge in [-0.15, -0.1) is 0 Å². The van der Waals surface area contributed by atoms with Crippen molar-refractivity contribution in [1.29, 1.82) is 0 Å².